The van der Waals surface area contributed by atoms with E-state index in [4.69, 9.17) is 4.99 Å². The molecule has 4 aromatic rings. The van der Waals surface area contributed by atoms with E-state index >= 15 is 0 Å². The Bertz CT molecular complexity index is 1470. The van der Waals surface area contributed by atoms with Gasteiger partial charge in [0.1, 0.15) is 0 Å². The van der Waals surface area contributed by atoms with Crippen LogP contribution < -0.4 is 14.7 Å². The van der Waals surface area contributed by atoms with Crippen LogP contribution in [-0.4, -0.2) is 55.4 Å². The Labute approximate surface area is 232 Å². The molecule has 0 radical (unpaired) electrons. The molecule has 0 saturated carbocycles. The minimum absolute atomic E-state index is 0.439. The molecule has 1 N–H and O–H groups in total. The van der Waals surface area contributed by atoms with Gasteiger partial charge < -0.3 is 14.7 Å². The highest BCUT2D eigenvalue weighted by Gasteiger charge is 2.49. The van der Waals surface area contributed by atoms with Crippen LogP contribution in [0.1, 0.15) is 33.3 Å². The van der Waals surface area contributed by atoms with E-state index in [0.717, 1.165) is 44.8 Å². The lowest BCUT2D eigenvalue weighted by Gasteiger charge is -2.37. The van der Waals surface area contributed by atoms with E-state index in [9.17, 15) is 5.21 Å². The molecule has 39 heavy (non-hydrogen) atoms. The number of benzene rings is 4. The lowest BCUT2D eigenvalue weighted by atomic mass is 9.84. The van der Waals surface area contributed by atoms with Crippen molar-refractivity contribution in [3.05, 3.63) is 90.5 Å². The second-order valence-electron chi connectivity index (χ2n) is 11.7. The molecule has 6 nitrogen and oxygen atoms in total. The molecule has 0 unspecified atom stereocenters. The Morgan fingerprint density at radius 1 is 0.615 bits per heavy atom. The topological polar surface area (TPSA) is 45.5 Å². The highest BCUT2D eigenvalue weighted by atomic mass is 16.5. The Morgan fingerprint density at radius 3 is 1.51 bits per heavy atom. The number of fused-ring (bicyclic) bond motifs is 1. The van der Waals surface area contributed by atoms with Crippen molar-refractivity contribution in [1.29, 1.82) is 0 Å². The second-order valence-corrected chi connectivity index (χ2v) is 11.7. The van der Waals surface area contributed by atoms with Gasteiger partial charge >= 0.3 is 0 Å². The lowest BCUT2D eigenvalue weighted by Crippen LogP contribution is -2.51. The molecule has 0 saturated heterocycles. The van der Waals surface area contributed by atoms with E-state index in [1.807, 2.05) is 19.9 Å². The number of aliphatic imine (C=N–C) groups is 1. The normalized spacial score (nSPS) is 15.8. The maximum absolute atomic E-state index is 11.2. The van der Waals surface area contributed by atoms with E-state index < -0.39 is 11.1 Å². The summed E-state index contributed by atoms with van der Waals surface area (Å²) in [5, 5.41) is 14.7. The van der Waals surface area contributed by atoms with Crippen LogP contribution in [0.5, 0.6) is 0 Å². The minimum Gasteiger partial charge on any atom is -0.378 e. The Morgan fingerprint density at radius 2 is 1.08 bits per heavy atom. The lowest BCUT2D eigenvalue weighted by molar-refractivity contribution is -0.0991. The van der Waals surface area contributed by atoms with Gasteiger partial charge in [-0.25, -0.2) is 5.06 Å². The molecule has 1 aliphatic heterocycles. The van der Waals surface area contributed by atoms with Gasteiger partial charge in [-0.2, -0.15) is 0 Å². The average Bonchev–Trinajstić information content (AvgIpc) is 3.08. The summed E-state index contributed by atoms with van der Waals surface area (Å²) in [4.78, 5) is 11.5. The highest BCUT2D eigenvalue weighted by Crippen LogP contribution is 2.43. The smallest absolute Gasteiger partial charge is 0.156 e. The minimum atomic E-state index is -0.531. The van der Waals surface area contributed by atoms with Gasteiger partial charge in [0.25, 0.3) is 0 Å². The molecule has 1 aliphatic rings. The Kier molecular flexibility index (Phi) is 6.55. The predicted molar refractivity (Wildman–Crippen MR) is 166 cm³/mol. The summed E-state index contributed by atoms with van der Waals surface area (Å²) < 4.78 is 0. The molecule has 0 spiro atoms. The van der Waals surface area contributed by atoms with Crippen LogP contribution in [0.2, 0.25) is 0 Å². The summed E-state index contributed by atoms with van der Waals surface area (Å²) in [5.41, 5.74) is 5.44. The number of hydroxylamine groups is 2. The zero-order valence-electron chi connectivity index (χ0n) is 24.3. The molecular weight excluding hydrogens is 482 g/mol. The SMILES string of the molecule is CN(C)c1ccc(N(c2ccc(N(C)C)cc2)c2ccc(C3=NC(C)(C)C(C)(C)N3O)c3ccccc23)cc1. The first-order valence-electron chi connectivity index (χ1n) is 13.4. The number of hydrogen-bond acceptors (Lipinski definition) is 6. The van der Waals surface area contributed by atoms with Crippen molar-refractivity contribution in [2.24, 2.45) is 4.99 Å². The summed E-state index contributed by atoms with van der Waals surface area (Å²) in [5.74, 6) is 0.602. The molecule has 0 aromatic heterocycles. The summed E-state index contributed by atoms with van der Waals surface area (Å²) in [6, 6.07) is 29.9. The largest absolute Gasteiger partial charge is 0.378 e. The molecule has 0 amide bonds. The van der Waals surface area contributed by atoms with E-state index in [0.29, 0.717) is 5.84 Å². The molecule has 0 aliphatic carbocycles. The fourth-order valence-electron chi connectivity index (χ4n) is 5.05. The van der Waals surface area contributed by atoms with E-state index in [2.05, 4.69) is 136 Å². The van der Waals surface area contributed by atoms with Crippen molar-refractivity contribution in [1.82, 2.24) is 5.06 Å². The summed E-state index contributed by atoms with van der Waals surface area (Å²) in [7, 11) is 8.21. The maximum atomic E-state index is 11.2. The number of amidine groups is 1. The van der Waals surface area contributed by atoms with E-state index in [1.54, 1.807) is 0 Å². The number of hydrogen-bond donors (Lipinski definition) is 1. The molecule has 0 fully saturated rings. The van der Waals surface area contributed by atoms with Crippen LogP contribution in [0.25, 0.3) is 10.8 Å². The molecule has 6 heteroatoms. The third kappa shape index (κ3) is 4.49. The molecule has 202 valence electrons. The summed E-state index contributed by atoms with van der Waals surface area (Å²) in [6.07, 6.45) is 0. The standard InChI is InChI=1S/C33H39N5O/c1-32(2)33(3,4)38(39)31(34-32)29-21-22-30(28-12-10-9-11-27(28)29)37(25-17-13-23(14-18-25)35(5)6)26-19-15-24(16-20-26)36(7)8/h9-22,39H,1-8H3. The van der Waals surface area contributed by atoms with Crippen LogP contribution in [0.3, 0.4) is 0 Å². The average molecular weight is 522 g/mol. The molecule has 0 atom stereocenters. The van der Waals surface area contributed by atoms with Crippen molar-refractivity contribution in [2.45, 2.75) is 38.8 Å². The van der Waals surface area contributed by atoms with Crippen LogP contribution in [-0.2, 0) is 0 Å². The third-order valence-corrected chi connectivity index (χ3v) is 8.24. The zero-order valence-corrected chi connectivity index (χ0v) is 24.3. The number of rotatable bonds is 6. The van der Waals surface area contributed by atoms with Crippen molar-refractivity contribution in [3.8, 4) is 0 Å². The monoisotopic (exact) mass is 521 g/mol. The second kappa shape index (κ2) is 9.62. The molecule has 1 heterocycles. The van der Waals surface area contributed by atoms with Gasteiger partial charge in [-0.3, -0.25) is 10.2 Å². The first-order valence-corrected chi connectivity index (χ1v) is 13.4. The van der Waals surface area contributed by atoms with Crippen molar-refractivity contribution >= 4 is 45.0 Å². The highest BCUT2D eigenvalue weighted by molar-refractivity contribution is 6.14. The van der Waals surface area contributed by atoms with Gasteiger partial charge in [0.15, 0.2) is 5.84 Å². The maximum Gasteiger partial charge on any atom is 0.156 e. The number of nitrogens with zero attached hydrogens (tertiary/aromatic N) is 5. The zero-order chi connectivity index (χ0) is 28.1. The van der Waals surface area contributed by atoms with Crippen LogP contribution >= 0.6 is 0 Å². The van der Waals surface area contributed by atoms with Gasteiger partial charge in [-0.1, -0.05) is 24.3 Å². The fraction of sp³-hybridized carbons (Fsp3) is 0.303. The van der Waals surface area contributed by atoms with E-state index in [-0.39, 0.29) is 0 Å². The molecule has 0 bridgehead atoms. The van der Waals surface area contributed by atoms with Gasteiger partial charge in [0.2, 0.25) is 0 Å². The van der Waals surface area contributed by atoms with E-state index in [1.165, 1.54) is 5.06 Å². The first kappa shape index (κ1) is 26.6. The third-order valence-electron chi connectivity index (χ3n) is 8.24. The molecule has 5 rings (SSSR count). The fourth-order valence-corrected chi connectivity index (χ4v) is 5.05. The predicted octanol–water partition coefficient (Wildman–Crippen LogP) is 7.45. The van der Waals surface area contributed by atoms with Gasteiger partial charge in [-0.05, 0) is 93.7 Å². The van der Waals surface area contributed by atoms with Crippen LogP contribution in [0.15, 0.2) is 89.9 Å². The Hall–Kier alpha value is -4.03. The summed E-state index contributed by atoms with van der Waals surface area (Å²) in [6.45, 7) is 8.18. The summed E-state index contributed by atoms with van der Waals surface area (Å²) >= 11 is 0. The van der Waals surface area contributed by atoms with Gasteiger partial charge in [0.05, 0.1) is 16.8 Å². The van der Waals surface area contributed by atoms with Gasteiger partial charge in [0, 0.05) is 61.9 Å². The van der Waals surface area contributed by atoms with Gasteiger partial charge in [-0.15, -0.1) is 0 Å². The number of anilines is 5. The molecule has 4 aromatic carbocycles. The Balaban J connectivity index is 1.71. The van der Waals surface area contributed by atoms with Crippen molar-refractivity contribution < 1.29 is 5.21 Å². The first-order chi connectivity index (χ1) is 18.4. The van der Waals surface area contributed by atoms with Crippen LogP contribution in [0.4, 0.5) is 28.4 Å². The van der Waals surface area contributed by atoms with Crippen LogP contribution in [0, 0.1) is 0 Å². The molecular formula is C33H39N5O. The quantitative estimate of drug-likeness (QED) is 0.285. The van der Waals surface area contributed by atoms with Crippen molar-refractivity contribution in [2.75, 3.05) is 42.9 Å². The van der Waals surface area contributed by atoms with Crippen molar-refractivity contribution in [3.63, 3.8) is 0 Å².